The van der Waals surface area contributed by atoms with Gasteiger partial charge in [-0.2, -0.15) is 13.2 Å². The number of carbonyl (C=O) groups excluding carboxylic acids is 1. The summed E-state index contributed by atoms with van der Waals surface area (Å²) in [5, 5.41) is 3.76. The summed E-state index contributed by atoms with van der Waals surface area (Å²) in [5.74, 6) is 0.417. The first kappa shape index (κ1) is 21.9. The number of halogens is 4. The quantitative estimate of drug-likeness (QED) is 0.646. The second-order valence-corrected chi connectivity index (χ2v) is 9.40. The molecule has 0 aromatic carbocycles. The number of hydrogen-bond acceptors (Lipinski definition) is 6. The Hall–Kier alpha value is -1.81. The number of anilines is 1. The molecular formula is C18H22ClF3N4O2S. The van der Waals surface area contributed by atoms with E-state index in [2.05, 4.69) is 15.3 Å². The lowest BCUT2D eigenvalue weighted by Gasteiger charge is -2.34. The molecule has 2 aromatic rings. The fourth-order valence-corrected chi connectivity index (χ4v) is 4.34. The molecule has 1 N–H and O–H groups in total. The molecule has 1 fully saturated rings. The lowest BCUT2D eigenvalue weighted by atomic mass is 10.1. The summed E-state index contributed by atoms with van der Waals surface area (Å²) in [6.45, 7) is 6.47. The first-order chi connectivity index (χ1) is 13.4. The van der Waals surface area contributed by atoms with Crippen molar-refractivity contribution >= 4 is 45.1 Å². The summed E-state index contributed by atoms with van der Waals surface area (Å²) in [4.78, 5) is 22.6. The maximum Gasteiger partial charge on any atom is 0.410 e. The summed E-state index contributed by atoms with van der Waals surface area (Å²) in [7, 11) is 0. The molecule has 6 nitrogen and oxygen atoms in total. The molecule has 0 bridgehead atoms. The number of piperidine rings is 1. The van der Waals surface area contributed by atoms with E-state index in [-0.39, 0.29) is 22.3 Å². The van der Waals surface area contributed by atoms with Gasteiger partial charge in [-0.3, -0.25) is 0 Å². The van der Waals surface area contributed by atoms with E-state index in [0.717, 1.165) is 11.3 Å². The Labute approximate surface area is 175 Å². The summed E-state index contributed by atoms with van der Waals surface area (Å²) in [6, 6.07) is 1.47. The average molecular weight is 451 g/mol. The Morgan fingerprint density at radius 1 is 1.31 bits per heavy atom. The van der Waals surface area contributed by atoms with Crippen molar-refractivity contribution < 1.29 is 22.7 Å². The normalized spacial score (nSPS) is 16.3. The minimum atomic E-state index is -4.29. The second-order valence-electron chi connectivity index (χ2n) is 7.95. The molecule has 1 aliphatic heterocycles. The minimum absolute atomic E-state index is 0.00817. The van der Waals surface area contributed by atoms with Crippen LogP contribution in [0.15, 0.2) is 6.07 Å². The van der Waals surface area contributed by atoms with Crippen LogP contribution in [-0.4, -0.2) is 51.9 Å². The van der Waals surface area contributed by atoms with Crippen LogP contribution in [0.1, 0.15) is 38.5 Å². The average Bonchev–Trinajstić information content (AvgIpc) is 2.94. The summed E-state index contributed by atoms with van der Waals surface area (Å²) >= 11 is 6.92. The highest BCUT2D eigenvalue weighted by atomic mass is 35.5. The smallest absolute Gasteiger partial charge is 0.410 e. The highest BCUT2D eigenvalue weighted by molar-refractivity contribution is 7.18. The van der Waals surface area contributed by atoms with Crippen LogP contribution in [0.2, 0.25) is 5.28 Å². The van der Waals surface area contributed by atoms with Crippen molar-refractivity contribution in [1.82, 2.24) is 14.9 Å². The van der Waals surface area contributed by atoms with E-state index in [1.165, 1.54) is 6.07 Å². The fraction of sp³-hybridized carbons (Fsp3) is 0.611. The van der Waals surface area contributed by atoms with Crippen LogP contribution in [0, 0.1) is 0 Å². The highest BCUT2D eigenvalue weighted by Gasteiger charge is 2.30. The van der Waals surface area contributed by atoms with E-state index in [1.54, 1.807) is 4.90 Å². The van der Waals surface area contributed by atoms with Gasteiger partial charge in [-0.1, -0.05) is 0 Å². The molecule has 0 spiro atoms. The molecule has 29 heavy (non-hydrogen) atoms. The monoisotopic (exact) mass is 450 g/mol. The van der Waals surface area contributed by atoms with Gasteiger partial charge in [-0.25, -0.2) is 14.8 Å². The topological polar surface area (TPSA) is 67.3 Å². The maximum absolute atomic E-state index is 12.7. The van der Waals surface area contributed by atoms with Crippen molar-refractivity contribution in [2.75, 3.05) is 18.4 Å². The van der Waals surface area contributed by atoms with Gasteiger partial charge in [0, 0.05) is 24.0 Å². The molecule has 0 atom stereocenters. The molecule has 2 aromatic heterocycles. The first-order valence-corrected chi connectivity index (χ1v) is 10.4. The van der Waals surface area contributed by atoms with Gasteiger partial charge in [0.1, 0.15) is 16.2 Å². The molecule has 11 heteroatoms. The summed E-state index contributed by atoms with van der Waals surface area (Å²) in [5.41, 5.74) is -0.553. The lowest BCUT2D eigenvalue weighted by molar-refractivity contribution is -0.126. The molecule has 160 valence electrons. The number of likely N-dealkylation sites (tertiary alicyclic amines) is 1. The van der Waals surface area contributed by atoms with Crippen molar-refractivity contribution in [1.29, 1.82) is 0 Å². The molecule has 0 unspecified atom stereocenters. The zero-order valence-corrected chi connectivity index (χ0v) is 17.8. The van der Waals surface area contributed by atoms with E-state index in [4.69, 9.17) is 16.3 Å². The zero-order valence-electron chi connectivity index (χ0n) is 16.3. The second kappa shape index (κ2) is 8.14. The summed E-state index contributed by atoms with van der Waals surface area (Å²) < 4.78 is 43.5. The van der Waals surface area contributed by atoms with Gasteiger partial charge >= 0.3 is 12.3 Å². The van der Waals surface area contributed by atoms with Crippen LogP contribution in [-0.2, 0) is 11.2 Å². The van der Waals surface area contributed by atoms with Crippen LogP contribution in [0.3, 0.4) is 0 Å². The standard InChI is InChI=1S/C18H22ClF3N4O2S/c1-17(2,3)28-16(27)26-6-4-10(5-7-26)23-13-12-8-11(9-18(20,21)22)29-14(12)25-15(19)24-13/h8,10H,4-7,9H2,1-3H3,(H,23,24,25). The Morgan fingerprint density at radius 3 is 2.55 bits per heavy atom. The number of hydrogen-bond donors (Lipinski definition) is 1. The van der Waals surface area contributed by atoms with Gasteiger partial charge in [-0.05, 0) is 51.3 Å². The van der Waals surface area contributed by atoms with Crippen molar-refractivity contribution in [3.8, 4) is 0 Å². The molecule has 1 amide bonds. The third-order valence-corrected chi connectivity index (χ3v) is 5.48. The maximum atomic E-state index is 12.7. The molecule has 0 saturated carbocycles. The third-order valence-electron chi connectivity index (χ3n) is 4.28. The van der Waals surface area contributed by atoms with Gasteiger partial charge < -0.3 is 15.0 Å². The predicted octanol–water partition coefficient (Wildman–Crippen LogP) is 5.26. The molecule has 3 rings (SSSR count). The van der Waals surface area contributed by atoms with Gasteiger partial charge in [-0.15, -0.1) is 11.3 Å². The molecule has 1 saturated heterocycles. The van der Waals surface area contributed by atoms with Crippen molar-refractivity contribution in [2.24, 2.45) is 0 Å². The molecular weight excluding hydrogens is 429 g/mol. The van der Waals surface area contributed by atoms with Crippen molar-refractivity contribution in [3.05, 3.63) is 16.2 Å². The number of ether oxygens (including phenoxy) is 1. The Morgan fingerprint density at radius 2 is 1.97 bits per heavy atom. The van der Waals surface area contributed by atoms with Gasteiger partial charge in [0.25, 0.3) is 0 Å². The highest BCUT2D eigenvalue weighted by Crippen LogP contribution is 2.34. The number of nitrogens with one attached hydrogen (secondary N) is 1. The number of rotatable bonds is 3. The molecule has 3 heterocycles. The number of thiophene rings is 1. The SMILES string of the molecule is CC(C)(C)OC(=O)N1CCC(Nc2nc(Cl)nc3sc(CC(F)(F)F)cc23)CC1. The predicted molar refractivity (Wildman–Crippen MR) is 107 cm³/mol. The van der Waals surface area contributed by atoms with Crippen LogP contribution in [0.25, 0.3) is 10.2 Å². The van der Waals surface area contributed by atoms with E-state index in [9.17, 15) is 18.0 Å². The number of amides is 1. The number of fused-ring (bicyclic) bond motifs is 1. The molecule has 0 aliphatic carbocycles. The number of carbonyl (C=O) groups is 1. The number of nitrogens with zero attached hydrogens (tertiary/aromatic N) is 3. The van der Waals surface area contributed by atoms with Crippen molar-refractivity contribution in [2.45, 2.75) is 57.9 Å². The van der Waals surface area contributed by atoms with E-state index < -0.39 is 18.2 Å². The Bertz CT molecular complexity index is 890. The van der Waals surface area contributed by atoms with Crippen LogP contribution < -0.4 is 5.32 Å². The summed E-state index contributed by atoms with van der Waals surface area (Å²) in [6.07, 6.45) is -4.35. The van der Waals surface area contributed by atoms with E-state index >= 15 is 0 Å². The molecule has 1 aliphatic rings. The van der Waals surface area contributed by atoms with Crippen molar-refractivity contribution in [3.63, 3.8) is 0 Å². The van der Waals surface area contributed by atoms with Crippen LogP contribution >= 0.6 is 22.9 Å². The minimum Gasteiger partial charge on any atom is -0.444 e. The third kappa shape index (κ3) is 6.08. The van der Waals surface area contributed by atoms with E-state index in [1.807, 2.05) is 20.8 Å². The largest absolute Gasteiger partial charge is 0.444 e. The molecule has 0 radical (unpaired) electrons. The number of aromatic nitrogens is 2. The Balaban J connectivity index is 1.68. The van der Waals surface area contributed by atoms with Gasteiger partial charge in [0.05, 0.1) is 11.8 Å². The Kier molecular flexibility index (Phi) is 6.14. The first-order valence-electron chi connectivity index (χ1n) is 9.17. The lowest BCUT2D eigenvalue weighted by Crippen LogP contribution is -2.44. The van der Waals surface area contributed by atoms with Gasteiger partial charge in [0.15, 0.2) is 0 Å². The van der Waals surface area contributed by atoms with E-state index in [0.29, 0.717) is 42.0 Å². The fourth-order valence-electron chi connectivity index (χ4n) is 3.07. The van der Waals surface area contributed by atoms with Crippen LogP contribution in [0.4, 0.5) is 23.8 Å². The van der Waals surface area contributed by atoms with Gasteiger partial charge in [0.2, 0.25) is 5.28 Å². The van der Waals surface area contributed by atoms with Crippen LogP contribution in [0.5, 0.6) is 0 Å². The number of alkyl halides is 3. The zero-order chi connectivity index (χ0) is 21.4.